The Kier molecular flexibility index (Phi) is 9.34. The van der Waals surface area contributed by atoms with Crippen LogP contribution in [0.25, 0.3) is 0 Å². The number of aromatic nitrogens is 1. The topological polar surface area (TPSA) is 54.9 Å². The Labute approximate surface area is 145 Å². The van der Waals surface area contributed by atoms with Gasteiger partial charge in [0.15, 0.2) is 0 Å². The summed E-state index contributed by atoms with van der Waals surface area (Å²) < 4.78 is 10.2. The molecule has 0 aliphatic carbocycles. The summed E-state index contributed by atoms with van der Waals surface area (Å²) in [5.74, 6) is 0.877. The number of hydrogen-bond acceptors (Lipinski definition) is 5. The molecular formula is C18H31N3O3. The van der Waals surface area contributed by atoms with Gasteiger partial charge in [0.25, 0.3) is 5.91 Å². The van der Waals surface area contributed by atoms with Gasteiger partial charge in [-0.05, 0) is 39.3 Å². The molecule has 1 aromatic rings. The van der Waals surface area contributed by atoms with Crippen molar-refractivity contribution in [3.05, 3.63) is 23.9 Å². The molecule has 0 N–H and O–H groups in total. The molecule has 6 heteroatoms. The van der Waals surface area contributed by atoms with Crippen LogP contribution >= 0.6 is 0 Å². The minimum Gasteiger partial charge on any atom is -0.385 e. The Morgan fingerprint density at radius 2 is 1.88 bits per heavy atom. The van der Waals surface area contributed by atoms with Gasteiger partial charge in [0.2, 0.25) is 0 Å². The zero-order chi connectivity index (χ0) is 17.9. The number of carbonyl (C=O) groups is 1. The second-order valence-corrected chi connectivity index (χ2v) is 5.92. The van der Waals surface area contributed by atoms with Crippen LogP contribution in [0.5, 0.6) is 0 Å². The molecule has 0 aliphatic heterocycles. The number of methoxy groups -OCH3 is 2. The van der Waals surface area contributed by atoms with E-state index in [2.05, 4.69) is 30.7 Å². The Morgan fingerprint density at radius 3 is 2.38 bits per heavy atom. The summed E-state index contributed by atoms with van der Waals surface area (Å²) in [6.45, 7) is 9.60. The van der Waals surface area contributed by atoms with E-state index >= 15 is 0 Å². The molecule has 0 aliphatic rings. The van der Waals surface area contributed by atoms with Gasteiger partial charge in [-0.25, -0.2) is 4.98 Å². The smallest absolute Gasteiger partial charge is 0.255 e. The van der Waals surface area contributed by atoms with Crippen molar-refractivity contribution in [2.75, 3.05) is 52.0 Å². The van der Waals surface area contributed by atoms with Crippen LogP contribution in [0.2, 0.25) is 0 Å². The van der Waals surface area contributed by atoms with E-state index in [0.29, 0.717) is 37.9 Å². The molecule has 0 fully saturated rings. The predicted molar refractivity (Wildman–Crippen MR) is 96.7 cm³/mol. The van der Waals surface area contributed by atoms with Crippen molar-refractivity contribution in [1.82, 2.24) is 9.88 Å². The Bertz CT molecular complexity index is 477. The molecule has 0 saturated carbocycles. The molecule has 1 aromatic heterocycles. The van der Waals surface area contributed by atoms with E-state index in [0.717, 1.165) is 18.8 Å². The van der Waals surface area contributed by atoms with Crippen LogP contribution in [0.15, 0.2) is 18.3 Å². The summed E-state index contributed by atoms with van der Waals surface area (Å²) in [6.07, 6.45) is 2.47. The van der Waals surface area contributed by atoms with Crippen LogP contribution in [0, 0.1) is 0 Å². The van der Waals surface area contributed by atoms with E-state index in [1.54, 1.807) is 25.3 Å². The van der Waals surface area contributed by atoms with Gasteiger partial charge >= 0.3 is 0 Å². The first-order valence-corrected chi connectivity index (χ1v) is 8.55. The first-order chi connectivity index (χ1) is 11.5. The summed E-state index contributed by atoms with van der Waals surface area (Å²) in [6, 6.07) is 4.14. The Hall–Kier alpha value is -1.66. The number of hydrogen-bond donors (Lipinski definition) is 0. The first-order valence-electron chi connectivity index (χ1n) is 8.55. The maximum Gasteiger partial charge on any atom is 0.255 e. The molecular weight excluding hydrogens is 306 g/mol. The number of ether oxygens (including phenoxy) is 2. The van der Waals surface area contributed by atoms with E-state index in [4.69, 9.17) is 9.47 Å². The van der Waals surface area contributed by atoms with Crippen LogP contribution in [0.3, 0.4) is 0 Å². The zero-order valence-corrected chi connectivity index (χ0v) is 15.6. The van der Waals surface area contributed by atoms with Gasteiger partial charge in [-0.15, -0.1) is 0 Å². The number of nitrogens with zero attached hydrogens (tertiary/aromatic N) is 3. The SMILES string of the molecule is CCN(c1ccc(C(=O)N(CCCOC)CCOC)cn1)C(C)C. The number of amides is 1. The third kappa shape index (κ3) is 6.09. The van der Waals surface area contributed by atoms with Crippen molar-refractivity contribution < 1.29 is 14.3 Å². The van der Waals surface area contributed by atoms with E-state index in [1.165, 1.54) is 0 Å². The molecule has 1 rings (SSSR count). The van der Waals surface area contributed by atoms with Crippen LogP contribution < -0.4 is 4.90 Å². The lowest BCUT2D eigenvalue weighted by molar-refractivity contribution is 0.0674. The highest BCUT2D eigenvalue weighted by atomic mass is 16.5. The fourth-order valence-corrected chi connectivity index (χ4v) is 2.57. The highest BCUT2D eigenvalue weighted by molar-refractivity contribution is 5.94. The van der Waals surface area contributed by atoms with Crippen molar-refractivity contribution in [3.63, 3.8) is 0 Å². The van der Waals surface area contributed by atoms with Crippen molar-refractivity contribution >= 4 is 11.7 Å². The van der Waals surface area contributed by atoms with E-state index in [-0.39, 0.29) is 5.91 Å². The van der Waals surface area contributed by atoms with Gasteiger partial charge < -0.3 is 19.3 Å². The molecule has 0 spiro atoms. The maximum atomic E-state index is 12.7. The Balaban J connectivity index is 2.81. The highest BCUT2D eigenvalue weighted by Crippen LogP contribution is 2.15. The lowest BCUT2D eigenvalue weighted by Gasteiger charge is -2.26. The summed E-state index contributed by atoms with van der Waals surface area (Å²) in [5, 5.41) is 0. The third-order valence-electron chi connectivity index (χ3n) is 3.88. The van der Waals surface area contributed by atoms with Gasteiger partial charge in [0.1, 0.15) is 5.82 Å². The van der Waals surface area contributed by atoms with Crippen molar-refractivity contribution in [2.24, 2.45) is 0 Å². The summed E-state index contributed by atoms with van der Waals surface area (Å²) in [7, 11) is 3.30. The molecule has 0 aromatic carbocycles. The molecule has 24 heavy (non-hydrogen) atoms. The van der Waals surface area contributed by atoms with E-state index in [9.17, 15) is 4.79 Å². The molecule has 0 radical (unpaired) electrons. The number of anilines is 1. The number of carbonyl (C=O) groups excluding carboxylic acids is 1. The maximum absolute atomic E-state index is 12.7. The number of rotatable bonds is 11. The van der Waals surface area contributed by atoms with E-state index in [1.807, 2.05) is 12.1 Å². The lowest BCUT2D eigenvalue weighted by atomic mass is 10.2. The van der Waals surface area contributed by atoms with Gasteiger partial charge in [-0.2, -0.15) is 0 Å². The summed E-state index contributed by atoms with van der Waals surface area (Å²) in [4.78, 5) is 21.2. The molecule has 1 amide bonds. The van der Waals surface area contributed by atoms with Crippen molar-refractivity contribution in [2.45, 2.75) is 33.2 Å². The zero-order valence-electron chi connectivity index (χ0n) is 15.6. The fourth-order valence-electron chi connectivity index (χ4n) is 2.57. The molecule has 136 valence electrons. The Morgan fingerprint density at radius 1 is 1.17 bits per heavy atom. The molecule has 1 heterocycles. The molecule has 0 atom stereocenters. The second-order valence-electron chi connectivity index (χ2n) is 5.92. The van der Waals surface area contributed by atoms with Crippen LogP contribution in [-0.4, -0.2) is 68.9 Å². The minimum absolute atomic E-state index is 0.0187. The second kappa shape index (κ2) is 11.0. The molecule has 0 saturated heterocycles. The first kappa shape index (κ1) is 20.4. The average molecular weight is 337 g/mol. The van der Waals surface area contributed by atoms with Gasteiger partial charge in [-0.1, -0.05) is 0 Å². The predicted octanol–water partition coefficient (Wildman–Crippen LogP) is 2.44. The van der Waals surface area contributed by atoms with Crippen LogP contribution in [0.1, 0.15) is 37.6 Å². The highest BCUT2D eigenvalue weighted by Gasteiger charge is 2.17. The molecule has 0 bridgehead atoms. The monoisotopic (exact) mass is 337 g/mol. The van der Waals surface area contributed by atoms with Gasteiger partial charge in [-0.3, -0.25) is 4.79 Å². The minimum atomic E-state index is -0.0187. The third-order valence-corrected chi connectivity index (χ3v) is 3.88. The van der Waals surface area contributed by atoms with Gasteiger partial charge in [0.05, 0.1) is 12.2 Å². The average Bonchev–Trinajstić information content (AvgIpc) is 2.58. The van der Waals surface area contributed by atoms with Crippen LogP contribution in [-0.2, 0) is 9.47 Å². The van der Waals surface area contributed by atoms with Crippen molar-refractivity contribution in [3.8, 4) is 0 Å². The largest absolute Gasteiger partial charge is 0.385 e. The quantitative estimate of drug-likeness (QED) is 0.581. The lowest BCUT2D eigenvalue weighted by Crippen LogP contribution is -2.35. The molecule has 6 nitrogen and oxygen atoms in total. The van der Waals surface area contributed by atoms with Gasteiger partial charge in [0, 0.05) is 52.7 Å². The van der Waals surface area contributed by atoms with Crippen molar-refractivity contribution in [1.29, 1.82) is 0 Å². The van der Waals surface area contributed by atoms with Crippen LogP contribution in [0.4, 0.5) is 5.82 Å². The fraction of sp³-hybridized carbons (Fsp3) is 0.667. The van der Waals surface area contributed by atoms with E-state index < -0.39 is 0 Å². The number of pyridine rings is 1. The molecule has 0 unspecified atom stereocenters. The normalized spacial score (nSPS) is 10.9. The standard InChI is InChI=1S/C18H31N3O3/c1-6-21(15(2)3)17-9-8-16(14-19-17)18(22)20(11-13-24-5)10-7-12-23-4/h8-9,14-15H,6-7,10-13H2,1-5H3. The summed E-state index contributed by atoms with van der Waals surface area (Å²) >= 11 is 0. The summed E-state index contributed by atoms with van der Waals surface area (Å²) in [5.41, 5.74) is 0.604.